The molecule has 4 atom stereocenters. The molecule has 0 aromatic carbocycles. The Morgan fingerprint density at radius 3 is 2.62 bits per heavy atom. The van der Waals surface area contributed by atoms with Crippen molar-refractivity contribution in [2.45, 2.75) is 65.0 Å². The molecule has 144 valence electrons. The van der Waals surface area contributed by atoms with Crippen molar-refractivity contribution in [2.75, 3.05) is 13.2 Å². The minimum absolute atomic E-state index is 0.0852. The Morgan fingerprint density at radius 2 is 2.00 bits per heavy atom. The second-order valence-corrected chi connectivity index (χ2v) is 8.14. The van der Waals surface area contributed by atoms with Gasteiger partial charge in [0.25, 0.3) is 0 Å². The minimum atomic E-state index is -0.604. The Hall–Kier alpha value is -2.03. The molecule has 2 aliphatic rings. The number of allylic oxidation sites excluding steroid dienone is 2. The summed E-state index contributed by atoms with van der Waals surface area (Å²) < 4.78 is 10.8. The van der Waals surface area contributed by atoms with E-state index in [1.54, 1.807) is 17.9 Å². The van der Waals surface area contributed by atoms with Gasteiger partial charge in [-0.1, -0.05) is 6.08 Å². The van der Waals surface area contributed by atoms with Crippen LogP contribution in [0.25, 0.3) is 0 Å². The van der Waals surface area contributed by atoms with Crippen molar-refractivity contribution < 1.29 is 19.1 Å². The predicted octanol–water partition coefficient (Wildman–Crippen LogP) is 3.67. The standard InChI is InChI=1S/C20H30N2O4/c1-5-25-18(23)17-16-9-8-14(7-6-11-21)13-15(16)10-12-22(17)19(24)26-20(2,3)4/h6-7,14-17H,5,8-10,12-13H2,1-4H3/b7-6+/t14?,15-,16+,17+/m0/s1. The zero-order chi connectivity index (χ0) is 19.3. The number of nitriles is 1. The summed E-state index contributed by atoms with van der Waals surface area (Å²) >= 11 is 0. The summed E-state index contributed by atoms with van der Waals surface area (Å²) in [4.78, 5) is 26.9. The van der Waals surface area contributed by atoms with E-state index in [1.165, 1.54) is 0 Å². The molecule has 6 heteroatoms. The SMILES string of the molecule is CCOC(=O)[C@H]1[C@@H]2CCC(/C=C/C#N)C[C@@H]2CCN1C(=O)OC(C)(C)C. The van der Waals surface area contributed by atoms with Gasteiger partial charge in [0, 0.05) is 12.6 Å². The Balaban J connectivity index is 2.18. The summed E-state index contributed by atoms with van der Waals surface area (Å²) in [5.41, 5.74) is -0.604. The van der Waals surface area contributed by atoms with E-state index < -0.39 is 17.7 Å². The maximum atomic E-state index is 12.7. The molecule has 1 aliphatic carbocycles. The topological polar surface area (TPSA) is 79.6 Å². The van der Waals surface area contributed by atoms with Gasteiger partial charge in [0.2, 0.25) is 0 Å². The lowest BCUT2D eigenvalue weighted by molar-refractivity contribution is -0.156. The molecule has 26 heavy (non-hydrogen) atoms. The van der Waals surface area contributed by atoms with Gasteiger partial charge in [-0.05, 0) is 71.1 Å². The Bertz CT molecular complexity index is 588. The summed E-state index contributed by atoms with van der Waals surface area (Å²) in [5, 5.41) is 8.74. The van der Waals surface area contributed by atoms with Crippen LogP contribution >= 0.6 is 0 Å². The van der Waals surface area contributed by atoms with Crippen molar-refractivity contribution in [1.29, 1.82) is 5.26 Å². The minimum Gasteiger partial charge on any atom is -0.464 e. The third kappa shape index (κ3) is 5.00. The molecule has 1 unspecified atom stereocenters. The molecule has 1 saturated heterocycles. The first kappa shape index (κ1) is 20.3. The smallest absolute Gasteiger partial charge is 0.411 e. The zero-order valence-electron chi connectivity index (χ0n) is 16.2. The normalized spacial score (nSPS) is 29.0. The number of amides is 1. The molecule has 6 nitrogen and oxygen atoms in total. The molecule has 1 saturated carbocycles. The molecule has 0 aromatic heterocycles. The number of carbonyl (C=O) groups is 2. The van der Waals surface area contributed by atoms with Crippen LogP contribution in [0.2, 0.25) is 0 Å². The summed E-state index contributed by atoms with van der Waals surface area (Å²) in [7, 11) is 0. The molecular weight excluding hydrogens is 332 g/mol. The summed E-state index contributed by atoms with van der Waals surface area (Å²) in [6, 6.07) is 1.47. The number of hydrogen-bond acceptors (Lipinski definition) is 5. The van der Waals surface area contributed by atoms with E-state index in [0.29, 0.717) is 25.0 Å². The number of likely N-dealkylation sites (tertiary alicyclic amines) is 1. The van der Waals surface area contributed by atoms with Gasteiger partial charge >= 0.3 is 12.1 Å². The zero-order valence-corrected chi connectivity index (χ0v) is 16.2. The molecule has 1 aliphatic heterocycles. The molecule has 0 aromatic rings. The highest BCUT2D eigenvalue weighted by atomic mass is 16.6. The highest BCUT2D eigenvalue weighted by Gasteiger charge is 2.47. The van der Waals surface area contributed by atoms with Crippen molar-refractivity contribution in [3.05, 3.63) is 12.2 Å². The number of ether oxygens (including phenoxy) is 2. The fraction of sp³-hybridized carbons (Fsp3) is 0.750. The number of carbonyl (C=O) groups excluding carboxylic acids is 2. The van der Waals surface area contributed by atoms with E-state index in [-0.39, 0.29) is 11.9 Å². The number of rotatable bonds is 3. The van der Waals surface area contributed by atoms with Crippen molar-refractivity contribution >= 4 is 12.1 Å². The van der Waals surface area contributed by atoms with Gasteiger partial charge < -0.3 is 9.47 Å². The van der Waals surface area contributed by atoms with E-state index >= 15 is 0 Å². The molecular formula is C20H30N2O4. The maximum absolute atomic E-state index is 12.7. The Morgan fingerprint density at radius 1 is 1.27 bits per heavy atom. The highest BCUT2D eigenvalue weighted by molar-refractivity contribution is 5.82. The molecule has 1 heterocycles. The molecule has 2 fully saturated rings. The summed E-state index contributed by atoms with van der Waals surface area (Å²) in [6.45, 7) is 8.04. The summed E-state index contributed by atoms with van der Waals surface area (Å²) in [5.74, 6) is 0.470. The largest absolute Gasteiger partial charge is 0.464 e. The molecule has 0 spiro atoms. The molecule has 1 amide bonds. The van der Waals surface area contributed by atoms with Gasteiger partial charge in [0.15, 0.2) is 0 Å². The van der Waals surface area contributed by atoms with Crippen LogP contribution in [0.5, 0.6) is 0 Å². The number of esters is 1. The van der Waals surface area contributed by atoms with Crippen molar-refractivity contribution in [2.24, 2.45) is 17.8 Å². The van der Waals surface area contributed by atoms with Crippen LogP contribution < -0.4 is 0 Å². The number of hydrogen-bond donors (Lipinski definition) is 0. The number of piperidine rings is 1. The van der Waals surface area contributed by atoms with Crippen LogP contribution in [0.1, 0.15) is 53.4 Å². The third-order valence-corrected chi connectivity index (χ3v) is 5.16. The van der Waals surface area contributed by atoms with E-state index in [9.17, 15) is 9.59 Å². The van der Waals surface area contributed by atoms with Crippen LogP contribution in [0.4, 0.5) is 4.79 Å². The third-order valence-electron chi connectivity index (χ3n) is 5.16. The number of nitrogens with zero attached hydrogens (tertiary/aromatic N) is 2. The predicted molar refractivity (Wildman–Crippen MR) is 97.1 cm³/mol. The van der Waals surface area contributed by atoms with Gasteiger partial charge in [0.05, 0.1) is 12.7 Å². The second-order valence-electron chi connectivity index (χ2n) is 8.14. The lowest BCUT2D eigenvalue weighted by atomic mass is 9.67. The highest BCUT2D eigenvalue weighted by Crippen LogP contribution is 2.43. The maximum Gasteiger partial charge on any atom is 0.411 e. The van der Waals surface area contributed by atoms with Crippen LogP contribution in [-0.4, -0.2) is 41.8 Å². The lowest BCUT2D eigenvalue weighted by Gasteiger charge is -2.47. The van der Waals surface area contributed by atoms with Crippen LogP contribution in [0.3, 0.4) is 0 Å². The van der Waals surface area contributed by atoms with Crippen LogP contribution in [-0.2, 0) is 14.3 Å². The average Bonchev–Trinajstić information content (AvgIpc) is 2.57. The molecule has 0 bridgehead atoms. The Kier molecular flexibility index (Phi) is 6.69. The quantitative estimate of drug-likeness (QED) is 0.565. The fourth-order valence-electron chi connectivity index (χ4n) is 4.16. The molecule has 0 N–H and O–H groups in total. The van der Waals surface area contributed by atoms with E-state index in [1.807, 2.05) is 26.8 Å². The van der Waals surface area contributed by atoms with E-state index in [2.05, 4.69) is 6.07 Å². The monoisotopic (exact) mass is 362 g/mol. The van der Waals surface area contributed by atoms with E-state index in [0.717, 1.165) is 25.7 Å². The average molecular weight is 362 g/mol. The van der Waals surface area contributed by atoms with E-state index in [4.69, 9.17) is 14.7 Å². The summed E-state index contributed by atoms with van der Waals surface area (Å²) in [6.07, 6.45) is 6.61. The van der Waals surface area contributed by atoms with Crippen molar-refractivity contribution in [1.82, 2.24) is 4.90 Å². The first-order valence-electron chi connectivity index (χ1n) is 9.49. The van der Waals surface area contributed by atoms with Crippen LogP contribution in [0, 0.1) is 29.1 Å². The number of fused-ring (bicyclic) bond motifs is 1. The molecule has 0 radical (unpaired) electrons. The van der Waals surface area contributed by atoms with Gasteiger partial charge in [0.1, 0.15) is 11.6 Å². The van der Waals surface area contributed by atoms with Crippen molar-refractivity contribution in [3.8, 4) is 6.07 Å². The van der Waals surface area contributed by atoms with Gasteiger partial charge in [-0.2, -0.15) is 5.26 Å². The molecule has 2 rings (SSSR count). The fourth-order valence-corrected chi connectivity index (χ4v) is 4.16. The second kappa shape index (κ2) is 8.57. The first-order valence-corrected chi connectivity index (χ1v) is 9.49. The van der Waals surface area contributed by atoms with Crippen LogP contribution in [0.15, 0.2) is 12.2 Å². The van der Waals surface area contributed by atoms with Gasteiger partial charge in [-0.25, -0.2) is 9.59 Å². The first-order chi connectivity index (χ1) is 12.3. The Labute approximate surface area is 156 Å². The van der Waals surface area contributed by atoms with Gasteiger partial charge in [-0.15, -0.1) is 0 Å². The lowest BCUT2D eigenvalue weighted by Crippen LogP contribution is -2.57. The van der Waals surface area contributed by atoms with Crippen molar-refractivity contribution in [3.63, 3.8) is 0 Å². The van der Waals surface area contributed by atoms with Gasteiger partial charge in [-0.3, -0.25) is 4.90 Å².